The Bertz CT molecular complexity index is 1280. The molecule has 37 heavy (non-hydrogen) atoms. The smallest absolute Gasteiger partial charge is 0.271 e. The molecule has 0 radical (unpaired) electrons. The van der Waals surface area contributed by atoms with Crippen molar-refractivity contribution in [2.24, 2.45) is 5.92 Å². The second-order valence-electron chi connectivity index (χ2n) is 9.63. The summed E-state index contributed by atoms with van der Waals surface area (Å²) in [5, 5.41) is 21.1. The van der Waals surface area contributed by atoms with Gasteiger partial charge in [-0.25, -0.2) is 13.5 Å². The number of aromatic nitrogens is 4. The summed E-state index contributed by atoms with van der Waals surface area (Å²) in [6.07, 6.45) is 4.54. The molecule has 1 amide bonds. The number of hydrogen-bond donors (Lipinski definition) is 2. The lowest BCUT2D eigenvalue weighted by molar-refractivity contribution is -0.120. The Morgan fingerprint density at radius 3 is 2.62 bits per heavy atom. The summed E-state index contributed by atoms with van der Waals surface area (Å²) >= 11 is 0. The molecule has 1 aromatic carbocycles. The highest BCUT2D eigenvalue weighted by Crippen LogP contribution is 2.28. The zero-order chi connectivity index (χ0) is 26.6. The number of para-hydroxylation sites is 1. The molecule has 3 aromatic rings. The summed E-state index contributed by atoms with van der Waals surface area (Å²) in [6, 6.07) is 4.90. The zero-order valence-corrected chi connectivity index (χ0v) is 20.6. The number of rotatable bonds is 9. The average Bonchev–Trinajstić information content (AvgIpc) is 3.26. The van der Waals surface area contributed by atoms with Crippen molar-refractivity contribution in [3.05, 3.63) is 64.7 Å². The standard InChI is InChI=1S/C25H29F2N5O5/c1-25(2,35)15-31-9-6-21(30-31)29-24(34)20(12-16-7-10-36-11-8-16)32-22(33)13-17(14-28-32)37-23-18(26)4-3-5-19(23)27/h3-6,9,13-14,16,20,35H,7-8,10-12,15H2,1-2H3,(H,29,30,34)/t20-/m0/s1. The van der Waals surface area contributed by atoms with Gasteiger partial charge in [-0.05, 0) is 51.2 Å². The molecule has 0 bridgehead atoms. The second kappa shape index (κ2) is 11.2. The third-order valence-electron chi connectivity index (χ3n) is 5.88. The van der Waals surface area contributed by atoms with Gasteiger partial charge in [0.05, 0.1) is 18.3 Å². The van der Waals surface area contributed by atoms with E-state index in [1.165, 1.54) is 10.7 Å². The fourth-order valence-corrected chi connectivity index (χ4v) is 4.13. The molecular formula is C25H29F2N5O5. The summed E-state index contributed by atoms with van der Waals surface area (Å²) in [5.74, 6) is -2.79. The molecule has 1 aliphatic heterocycles. The van der Waals surface area contributed by atoms with E-state index in [9.17, 15) is 23.5 Å². The molecule has 0 saturated carbocycles. The van der Waals surface area contributed by atoms with Crippen LogP contribution in [0.15, 0.2) is 47.5 Å². The number of amides is 1. The molecular weight excluding hydrogens is 488 g/mol. The Balaban J connectivity index is 1.57. The number of ether oxygens (including phenoxy) is 2. The fourth-order valence-electron chi connectivity index (χ4n) is 4.13. The normalized spacial score (nSPS) is 15.4. The lowest BCUT2D eigenvalue weighted by Gasteiger charge is -2.26. The number of benzene rings is 1. The van der Waals surface area contributed by atoms with Gasteiger partial charge in [-0.15, -0.1) is 0 Å². The van der Waals surface area contributed by atoms with Gasteiger partial charge in [0.25, 0.3) is 11.5 Å². The van der Waals surface area contributed by atoms with Crippen LogP contribution in [0.1, 0.15) is 39.2 Å². The van der Waals surface area contributed by atoms with Crippen LogP contribution >= 0.6 is 0 Å². The van der Waals surface area contributed by atoms with E-state index in [1.807, 2.05) is 0 Å². The molecule has 1 saturated heterocycles. The molecule has 1 atom stereocenters. The van der Waals surface area contributed by atoms with Gasteiger partial charge < -0.3 is 19.9 Å². The number of carbonyl (C=O) groups is 1. The molecule has 0 aliphatic carbocycles. The van der Waals surface area contributed by atoms with Gasteiger partial charge in [0.1, 0.15) is 6.04 Å². The van der Waals surface area contributed by atoms with Gasteiger partial charge in [-0.2, -0.15) is 10.2 Å². The van der Waals surface area contributed by atoms with E-state index in [2.05, 4.69) is 15.5 Å². The Morgan fingerprint density at radius 1 is 1.27 bits per heavy atom. The maximum absolute atomic E-state index is 14.0. The van der Waals surface area contributed by atoms with Crippen LogP contribution in [0.5, 0.6) is 11.5 Å². The van der Waals surface area contributed by atoms with Crippen LogP contribution in [0.2, 0.25) is 0 Å². The minimum Gasteiger partial charge on any atom is -0.449 e. The highest BCUT2D eigenvalue weighted by Gasteiger charge is 2.29. The molecule has 198 valence electrons. The lowest BCUT2D eigenvalue weighted by Crippen LogP contribution is -2.36. The second-order valence-corrected chi connectivity index (χ2v) is 9.63. The number of nitrogens with one attached hydrogen (secondary N) is 1. The first-order chi connectivity index (χ1) is 17.6. The minimum absolute atomic E-state index is 0.120. The summed E-state index contributed by atoms with van der Waals surface area (Å²) in [4.78, 5) is 26.3. The SMILES string of the molecule is CC(C)(O)Cn1ccc(NC(=O)[C@H](CC2CCOCC2)n2ncc(Oc3c(F)cccc3F)cc2=O)n1. The van der Waals surface area contributed by atoms with Crippen molar-refractivity contribution in [3.63, 3.8) is 0 Å². The lowest BCUT2D eigenvalue weighted by atomic mass is 9.92. The van der Waals surface area contributed by atoms with Crippen molar-refractivity contribution >= 4 is 11.7 Å². The van der Waals surface area contributed by atoms with E-state index < -0.39 is 40.5 Å². The van der Waals surface area contributed by atoms with Crippen LogP contribution < -0.4 is 15.6 Å². The number of aliphatic hydroxyl groups is 1. The van der Waals surface area contributed by atoms with E-state index >= 15 is 0 Å². The van der Waals surface area contributed by atoms with E-state index in [0.717, 1.165) is 41.9 Å². The average molecular weight is 518 g/mol. The Hall–Kier alpha value is -3.64. The van der Waals surface area contributed by atoms with Crippen molar-refractivity contribution in [1.82, 2.24) is 19.6 Å². The van der Waals surface area contributed by atoms with Crippen LogP contribution in [0.25, 0.3) is 0 Å². The van der Waals surface area contributed by atoms with Crippen LogP contribution in [-0.4, -0.2) is 49.4 Å². The molecule has 10 nitrogen and oxygen atoms in total. The van der Waals surface area contributed by atoms with E-state index in [4.69, 9.17) is 9.47 Å². The molecule has 4 rings (SSSR count). The zero-order valence-electron chi connectivity index (χ0n) is 20.6. The van der Waals surface area contributed by atoms with Crippen molar-refractivity contribution in [1.29, 1.82) is 0 Å². The molecule has 2 N–H and O–H groups in total. The number of halogens is 2. The first kappa shape index (κ1) is 26.4. The highest BCUT2D eigenvalue weighted by molar-refractivity contribution is 5.92. The van der Waals surface area contributed by atoms with Crippen LogP contribution in [-0.2, 0) is 16.1 Å². The van der Waals surface area contributed by atoms with Crippen molar-refractivity contribution in [3.8, 4) is 11.5 Å². The summed E-state index contributed by atoms with van der Waals surface area (Å²) in [6.45, 7) is 4.62. The molecule has 3 heterocycles. The largest absolute Gasteiger partial charge is 0.449 e. The van der Waals surface area contributed by atoms with E-state index in [-0.39, 0.29) is 24.0 Å². The Kier molecular flexibility index (Phi) is 7.98. The molecule has 1 aliphatic rings. The molecule has 12 heteroatoms. The maximum Gasteiger partial charge on any atom is 0.271 e. The topological polar surface area (TPSA) is 120 Å². The van der Waals surface area contributed by atoms with Crippen LogP contribution in [0.3, 0.4) is 0 Å². The minimum atomic E-state index is -0.995. The van der Waals surface area contributed by atoms with Gasteiger partial charge >= 0.3 is 0 Å². The van der Waals surface area contributed by atoms with Gasteiger partial charge in [0.2, 0.25) is 0 Å². The predicted molar refractivity (Wildman–Crippen MR) is 129 cm³/mol. The first-order valence-corrected chi connectivity index (χ1v) is 11.9. The van der Waals surface area contributed by atoms with Gasteiger partial charge in [0.15, 0.2) is 29.0 Å². The van der Waals surface area contributed by atoms with E-state index in [1.54, 1.807) is 26.1 Å². The number of hydrogen-bond acceptors (Lipinski definition) is 7. The molecule has 1 fully saturated rings. The van der Waals surface area contributed by atoms with Crippen LogP contribution in [0, 0.1) is 17.6 Å². The number of anilines is 1. The predicted octanol–water partition coefficient (Wildman–Crippen LogP) is 3.28. The molecule has 0 unspecified atom stereocenters. The number of nitrogens with zero attached hydrogens (tertiary/aromatic N) is 4. The van der Waals surface area contributed by atoms with Gasteiger partial charge in [-0.3, -0.25) is 14.3 Å². The first-order valence-electron chi connectivity index (χ1n) is 11.9. The van der Waals surface area contributed by atoms with Gasteiger partial charge in [0, 0.05) is 31.5 Å². The van der Waals surface area contributed by atoms with Crippen molar-refractivity contribution < 1.29 is 28.2 Å². The number of carbonyl (C=O) groups excluding carboxylic acids is 1. The Morgan fingerprint density at radius 2 is 1.97 bits per heavy atom. The third-order valence-corrected chi connectivity index (χ3v) is 5.88. The van der Waals surface area contributed by atoms with Crippen molar-refractivity contribution in [2.45, 2.75) is 51.3 Å². The quantitative estimate of drug-likeness (QED) is 0.447. The summed E-state index contributed by atoms with van der Waals surface area (Å²) in [5.41, 5.74) is -1.67. The fraction of sp³-hybridized carbons (Fsp3) is 0.440. The van der Waals surface area contributed by atoms with Gasteiger partial charge in [-0.1, -0.05) is 6.07 Å². The monoisotopic (exact) mass is 517 g/mol. The third kappa shape index (κ3) is 6.98. The maximum atomic E-state index is 14.0. The Labute approximate surface area is 211 Å². The molecule has 0 spiro atoms. The van der Waals surface area contributed by atoms with Crippen molar-refractivity contribution in [2.75, 3.05) is 18.5 Å². The van der Waals surface area contributed by atoms with Crippen LogP contribution in [0.4, 0.5) is 14.6 Å². The summed E-state index contributed by atoms with van der Waals surface area (Å²) < 4.78 is 41.1. The summed E-state index contributed by atoms with van der Waals surface area (Å²) in [7, 11) is 0. The molecule has 2 aromatic heterocycles. The van der Waals surface area contributed by atoms with E-state index in [0.29, 0.717) is 19.6 Å². The highest BCUT2D eigenvalue weighted by atomic mass is 19.1.